The molecule has 1 aliphatic heterocycles. The van der Waals surface area contributed by atoms with Crippen LogP contribution < -0.4 is 11.1 Å². The molecule has 0 saturated heterocycles. The predicted molar refractivity (Wildman–Crippen MR) is 107 cm³/mol. The zero-order valence-electron chi connectivity index (χ0n) is 15.8. The number of benzene rings is 2. The van der Waals surface area contributed by atoms with Gasteiger partial charge < -0.3 is 11.1 Å². The van der Waals surface area contributed by atoms with Gasteiger partial charge in [0.05, 0.1) is 0 Å². The van der Waals surface area contributed by atoms with E-state index in [1.807, 2.05) is 24.3 Å². The first-order valence-electron chi connectivity index (χ1n) is 9.97. The lowest BCUT2D eigenvalue weighted by Gasteiger charge is -2.27. The Balaban J connectivity index is 1.40. The van der Waals surface area contributed by atoms with Crippen molar-refractivity contribution in [2.45, 2.75) is 38.1 Å². The maximum atomic E-state index is 12.8. The topological polar surface area (TPSA) is 92.5 Å². The van der Waals surface area contributed by atoms with Crippen molar-refractivity contribution < 1.29 is 14.4 Å². The number of carbonyl (C=O) groups is 3. The van der Waals surface area contributed by atoms with Crippen molar-refractivity contribution in [2.24, 2.45) is 11.7 Å². The van der Waals surface area contributed by atoms with Gasteiger partial charge in [0.1, 0.15) is 0 Å². The summed E-state index contributed by atoms with van der Waals surface area (Å²) < 4.78 is 0. The fraction of sp³-hybridized carbons (Fsp3) is 0.409. The molecule has 0 bridgehead atoms. The average molecular weight is 379 g/mol. The maximum absolute atomic E-state index is 12.8. The van der Waals surface area contributed by atoms with Crippen LogP contribution in [-0.4, -0.2) is 41.8 Å². The molecule has 1 heterocycles. The van der Waals surface area contributed by atoms with Crippen LogP contribution in [0.3, 0.4) is 0 Å². The van der Waals surface area contributed by atoms with E-state index in [-0.39, 0.29) is 36.7 Å². The van der Waals surface area contributed by atoms with E-state index in [9.17, 15) is 14.4 Å². The molecule has 1 fully saturated rings. The van der Waals surface area contributed by atoms with Crippen LogP contribution in [0.5, 0.6) is 0 Å². The number of hydrogen-bond donors (Lipinski definition) is 2. The molecule has 4 rings (SSSR count). The molecule has 2 aliphatic rings. The van der Waals surface area contributed by atoms with E-state index < -0.39 is 0 Å². The first-order chi connectivity index (χ1) is 13.6. The van der Waals surface area contributed by atoms with Gasteiger partial charge in [0.2, 0.25) is 5.91 Å². The van der Waals surface area contributed by atoms with Crippen LogP contribution in [0.4, 0.5) is 0 Å². The molecule has 0 radical (unpaired) electrons. The molecule has 146 valence electrons. The van der Waals surface area contributed by atoms with Gasteiger partial charge in [-0.3, -0.25) is 19.3 Å². The Labute approximate surface area is 164 Å². The smallest absolute Gasteiger partial charge is 0.261 e. The van der Waals surface area contributed by atoms with Crippen molar-refractivity contribution >= 4 is 28.5 Å². The molecule has 0 aromatic heterocycles. The summed E-state index contributed by atoms with van der Waals surface area (Å²) in [7, 11) is 0. The van der Waals surface area contributed by atoms with E-state index in [2.05, 4.69) is 5.32 Å². The second-order valence-electron chi connectivity index (χ2n) is 7.68. The maximum Gasteiger partial charge on any atom is 0.261 e. The fourth-order valence-corrected chi connectivity index (χ4v) is 4.47. The number of rotatable bonds is 6. The lowest BCUT2D eigenvalue weighted by Crippen LogP contribution is -2.42. The minimum Gasteiger partial charge on any atom is -0.353 e. The number of nitrogens with one attached hydrogen (secondary N) is 1. The molecule has 2 atom stereocenters. The Morgan fingerprint density at radius 2 is 1.75 bits per heavy atom. The van der Waals surface area contributed by atoms with Crippen molar-refractivity contribution in [1.82, 2.24) is 10.2 Å². The van der Waals surface area contributed by atoms with Gasteiger partial charge in [-0.25, -0.2) is 0 Å². The molecular formula is C22H25N3O3. The number of nitrogens with two attached hydrogens (primary N) is 1. The second-order valence-corrected chi connectivity index (χ2v) is 7.68. The van der Waals surface area contributed by atoms with Gasteiger partial charge in [-0.1, -0.05) is 30.7 Å². The average Bonchev–Trinajstić information content (AvgIpc) is 3.15. The Hall–Kier alpha value is -2.73. The third-order valence-electron chi connectivity index (χ3n) is 5.95. The summed E-state index contributed by atoms with van der Waals surface area (Å²) in [4.78, 5) is 39.2. The third-order valence-corrected chi connectivity index (χ3v) is 5.95. The van der Waals surface area contributed by atoms with Crippen molar-refractivity contribution in [1.29, 1.82) is 0 Å². The van der Waals surface area contributed by atoms with Gasteiger partial charge >= 0.3 is 0 Å². The minimum absolute atomic E-state index is 0.0373. The Bertz CT molecular complexity index is 889. The Morgan fingerprint density at radius 3 is 2.39 bits per heavy atom. The SMILES string of the molecule is NCC1CCCC1NC(=O)CCCN1C(=O)c2cccc3cccc(c23)C1=O. The van der Waals surface area contributed by atoms with Gasteiger partial charge in [-0.2, -0.15) is 0 Å². The summed E-state index contributed by atoms with van der Waals surface area (Å²) in [5.41, 5.74) is 6.87. The van der Waals surface area contributed by atoms with E-state index in [4.69, 9.17) is 5.73 Å². The number of carbonyl (C=O) groups excluding carboxylic acids is 3. The quantitative estimate of drug-likeness (QED) is 0.754. The summed E-state index contributed by atoms with van der Waals surface area (Å²) in [6.07, 6.45) is 3.85. The minimum atomic E-state index is -0.284. The molecular weight excluding hydrogens is 354 g/mol. The Morgan fingerprint density at radius 1 is 1.07 bits per heavy atom. The van der Waals surface area contributed by atoms with Crippen LogP contribution in [0.1, 0.15) is 52.8 Å². The van der Waals surface area contributed by atoms with Crippen LogP contribution in [0.25, 0.3) is 10.8 Å². The number of imide groups is 1. The summed E-state index contributed by atoms with van der Waals surface area (Å²) in [5, 5.41) is 4.68. The van der Waals surface area contributed by atoms with E-state index in [0.29, 0.717) is 30.0 Å². The number of nitrogens with zero attached hydrogens (tertiary/aromatic N) is 1. The number of hydrogen-bond acceptors (Lipinski definition) is 4. The third kappa shape index (κ3) is 3.29. The highest BCUT2D eigenvalue weighted by atomic mass is 16.2. The molecule has 6 nitrogen and oxygen atoms in total. The van der Waals surface area contributed by atoms with E-state index in [1.165, 1.54) is 4.90 Å². The van der Waals surface area contributed by atoms with Crippen molar-refractivity contribution in [2.75, 3.05) is 13.1 Å². The first-order valence-corrected chi connectivity index (χ1v) is 9.97. The van der Waals surface area contributed by atoms with Crippen molar-refractivity contribution in [3.05, 3.63) is 47.5 Å². The highest BCUT2D eigenvalue weighted by Crippen LogP contribution is 2.30. The van der Waals surface area contributed by atoms with E-state index in [1.54, 1.807) is 12.1 Å². The fourth-order valence-electron chi connectivity index (χ4n) is 4.47. The van der Waals surface area contributed by atoms with Gasteiger partial charge in [0, 0.05) is 35.5 Å². The Kier molecular flexibility index (Phi) is 5.13. The zero-order valence-corrected chi connectivity index (χ0v) is 15.8. The monoisotopic (exact) mass is 379 g/mol. The van der Waals surface area contributed by atoms with E-state index in [0.717, 1.165) is 30.0 Å². The second kappa shape index (κ2) is 7.72. The van der Waals surface area contributed by atoms with Crippen LogP contribution >= 0.6 is 0 Å². The highest BCUT2D eigenvalue weighted by molar-refractivity contribution is 6.25. The van der Waals surface area contributed by atoms with Crippen LogP contribution in [-0.2, 0) is 4.79 Å². The molecule has 28 heavy (non-hydrogen) atoms. The summed E-state index contributed by atoms with van der Waals surface area (Å²) >= 11 is 0. The summed E-state index contributed by atoms with van der Waals surface area (Å²) in [5.74, 6) is -0.252. The molecule has 2 aromatic rings. The van der Waals surface area contributed by atoms with Crippen LogP contribution in [0, 0.1) is 5.92 Å². The molecule has 2 aromatic carbocycles. The van der Waals surface area contributed by atoms with E-state index >= 15 is 0 Å². The molecule has 1 aliphatic carbocycles. The normalized spacial score (nSPS) is 21.4. The molecule has 2 unspecified atom stereocenters. The first kappa shape index (κ1) is 18.6. The van der Waals surface area contributed by atoms with Crippen molar-refractivity contribution in [3.63, 3.8) is 0 Å². The molecule has 6 heteroatoms. The molecule has 3 amide bonds. The van der Waals surface area contributed by atoms with Gasteiger partial charge in [-0.15, -0.1) is 0 Å². The van der Waals surface area contributed by atoms with Gasteiger partial charge in [0.15, 0.2) is 0 Å². The van der Waals surface area contributed by atoms with Gasteiger partial charge in [-0.05, 0) is 49.2 Å². The number of amides is 3. The largest absolute Gasteiger partial charge is 0.353 e. The zero-order chi connectivity index (χ0) is 19.7. The molecule has 0 spiro atoms. The summed E-state index contributed by atoms with van der Waals surface area (Å²) in [6.45, 7) is 0.827. The van der Waals surface area contributed by atoms with Gasteiger partial charge in [0.25, 0.3) is 11.8 Å². The molecule has 3 N–H and O–H groups in total. The van der Waals surface area contributed by atoms with Crippen LogP contribution in [0.2, 0.25) is 0 Å². The van der Waals surface area contributed by atoms with Crippen LogP contribution in [0.15, 0.2) is 36.4 Å². The lowest BCUT2D eigenvalue weighted by atomic mass is 9.94. The predicted octanol–water partition coefficient (Wildman–Crippen LogP) is 2.46. The highest BCUT2D eigenvalue weighted by Gasteiger charge is 2.32. The lowest BCUT2D eigenvalue weighted by molar-refractivity contribution is -0.122. The van der Waals surface area contributed by atoms with Crippen molar-refractivity contribution in [3.8, 4) is 0 Å². The summed E-state index contributed by atoms with van der Waals surface area (Å²) in [6, 6.07) is 11.1. The molecule has 1 saturated carbocycles. The standard InChI is InChI=1S/C22H25N3O3/c23-13-15-7-3-10-18(15)24-19(26)11-4-12-25-21(27)16-8-1-5-14-6-2-9-17(20(14)16)22(25)28/h1-2,5-6,8-9,15,18H,3-4,7,10-13,23H2,(H,24,26).